The van der Waals surface area contributed by atoms with Gasteiger partial charge in [-0.15, -0.1) is 0 Å². The van der Waals surface area contributed by atoms with Crippen molar-refractivity contribution in [2.75, 3.05) is 18.4 Å². The predicted molar refractivity (Wildman–Crippen MR) is 135 cm³/mol. The number of hydrogen-bond donors (Lipinski definition) is 5. The Kier molecular flexibility index (Phi) is 13.4. The van der Waals surface area contributed by atoms with Crippen molar-refractivity contribution in [1.29, 1.82) is 0 Å². The van der Waals surface area contributed by atoms with E-state index in [0.717, 1.165) is 12.0 Å². The number of anilines is 1. The van der Waals surface area contributed by atoms with Crippen molar-refractivity contribution >= 4 is 29.5 Å². The highest BCUT2D eigenvalue weighted by atomic mass is 16.5. The fraction of sp³-hybridized carbons (Fsp3) is 0.600. The van der Waals surface area contributed by atoms with Gasteiger partial charge in [0.25, 0.3) is 0 Å². The van der Waals surface area contributed by atoms with Gasteiger partial charge in [-0.1, -0.05) is 39.8 Å². The summed E-state index contributed by atoms with van der Waals surface area (Å²) in [5.74, 6) is -0.846. The van der Waals surface area contributed by atoms with Crippen LogP contribution in [0.15, 0.2) is 24.3 Å². The van der Waals surface area contributed by atoms with Crippen LogP contribution in [0.1, 0.15) is 59.4 Å². The van der Waals surface area contributed by atoms with Gasteiger partial charge in [0.2, 0.25) is 17.7 Å². The predicted octanol–water partition coefficient (Wildman–Crippen LogP) is 2.28. The van der Waals surface area contributed by atoms with Crippen LogP contribution in [0.3, 0.4) is 0 Å². The molecule has 0 saturated carbocycles. The first-order chi connectivity index (χ1) is 16.5. The molecule has 1 unspecified atom stereocenters. The molecule has 0 aliphatic rings. The second kappa shape index (κ2) is 15.7. The molecule has 35 heavy (non-hydrogen) atoms. The van der Waals surface area contributed by atoms with E-state index in [-0.39, 0.29) is 18.4 Å². The number of carbonyl (C=O) groups is 4. The van der Waals surface area contributed by atoms with E-state index in [4.69, 9.17) is 10.5 Å². The first-order valence-electron chi connectivity index (χ1n) is 12.1. The molecule has 4 amide bonds. The number of nitrogens with one attached hydrogen (secondary N) is 4. The lowest BCUT2D eigenvalue weighted by Gasteiger charge is -2.24. The number of ether oxygens (including phenoxy) is 1. The molecule has 0 heterocycles. The van der Waals surface area contributed by atoms with Gasteiger partial charge >= 0.3 is 6.09 Å². The summed E-state index contributed by atoms with van der Waals surface area (Å²) in [5, 5.41) is 10.8. The van der Waals surface area contributed by atoms with Gasteiger partial charge in [-0.3, -0.25) is 14.4 Å². The summed E-state index contributed by atoms with van der Waals surface area (Å²) >= 11 is 0. The maximum absolute atomic E-state index is 12.7. The van der Waals surface area contributed by atoms with Crippen LogP contribution >= 0.6 is 0 Å². The molecule has 1 aromatic carbocycles. The second-order valence-electron chi connectivity index (χ2n) is 9.30. The normalized spacial score (nSPS) is 12.6. The first-order valence-corrected chi connectivity index (χ1v) is 12.1. The van der Waals surface area contributed by atoms with Gasteiger partial charge in [0.15, 0.2) is 0 Å². The maximum Gasteiger partial charge on any atom is 0.407 e. The van der Waals surface area contributed by atoms with Crippen LogP contribution in [-0.2, 0) is 25.7 Å². The molecular weight excluding hydrogens is 450 g/mol. The molecule has 10 heteroatoms. The zero-order chi connectivity index (χ0) is 26.4. The van der Waals surface area contributed by atoms with Crippen LogP contribution in [-0.4, -0.2) is 49.0 Å². The highest BCUT2D eigenvalue weighted by Crippen LogP contribution is 2.11. The quantitative estimate of drug-likeness (QED) is 0.252. The van der Waals surface area contributed by atoms with Gasteiger partial charge in [0, 0.05) is 18.7 Å². The molecule has 2 atom stereocenters. The van der Waals surface area contributed by atoms with E-state index in [1.54, 1.807) is 31.2 Å². The molecule has 6 N–H and O–H groups in total. The van der Waals surface area contributed by atoms with E-state index in [1.165, 1.54) is 0 Å². The molecule has 0 spiro atoms. The van der Waals surface area contributed by atoms with Crippen molar-refractivity contribution in [2.24, 2.45) is 17.6 Å². The monoisotopic (exact) mass is 491 g/mol. The number of rotatable bonds is 14. The molecule has 0 aromatic heterocycles. The van der Waals surface area contributed by atoms with E-state index in [1.807, 2.05) is 27.7 Å². The topological polar surface area (TPSA) is 152 Å². The van der Waals surface area contributed by atoms with Crippen molar-refractivity contribution in [2.45, 2.75) is 72.6 Å². The minimum Gasteiger partial charge on any atom is -0.445 e. The standard InChI is InChI=1S/C25H41N5O5/c1-16(2)14-27-25(34)35-15-19-9-11-20(12-10-19)29-23(32)18(5)28-24(33)22(17(3)4)30-21(31)8-6-7-13-26/h9-12,16-18,22H,6-8,13-15,26H2,1-5H3,(H,27,34)(H,28,33)(H,29,32)(H,30,31)/t18?,22-/m0/s1. The highest BCUT2D eigenvalue weighted by molar-refractivity contribution is 5.98. The molecular formula is C25H41N5O5. The van der Waals surface area contributed by atoms with Crippen molar-refractivity contribution < 1.29 is 23.9 Å². The highest BCUT2D eigenvalue weighted by Gasteiger charge is 2.26. The van der Waals surface area contributed by atoms with Gasteiger partial charge < -0.3 is 31.7 Å². The van der Waals surface area contributed by atoms with Crippen LogP contribution in [0.4, 0.5) is 10.5 Å². The fourth-order valence-corrected chi connectivity index (χ4v) is 3.00. The molecule has 0 radical (unpaired) electrons. The van der Waals surface area contributed by atoms with Gasteiger partial charge in [-0.25, -0.2) is 4.79 Å². The SMILES string of the molecule is CC(C)CNC(=O)OCc1ccc(NC(=O)C(C)NC(=O)[C@@H](NC(=O)CCCCN)C(C)C)cc1. The smallest absolute Gasteiger partial charge is 0.407 e. The van der Waals surface area contributed by atoms with Crippen molar-refractivity contribution in [3.05, 3.63) is 29.8 Å². The zero-order valence-electron chi connectivity index (χ0n) is 21.5. The molecule has 0 aliphatic heterocycles. The van der Waals surface area contributed by atoms with Crippen LogP contribution in [0, 0.1) is 11.8 Å². The lowest BCUT2D eigenvalue weighted by molar-refractivity contribution is -0.131. The van der Waals surface area contributed by atoms with E-state index >= 15 is 0 Å². The Balaban J connectivity index is 2.54. The lowest BCUT2D eigenvalue weighted by atomic mass is 10.0. The summed E-state index contributed by atoms with van der Waals surface area (Å²) in [6.45, 7) is 10.4. The third-order valence-electron chi connectivity index (χ3n) is 5.12. The Hall–Kier alpha value is -3.14. The summed E-state index contributed by atoms with van der Waals surface area (Å²) < 4.78 is 5.16. The number of amides is 4. The molecule has 0 fully saturated rings. The van der Waals surface area contributed by atoms with Crippen LogP contribution in [0.25, 0.3) is 0 Å². The van der Waals surface area contributed by atoms with E-state index in [2.05, 4.69) is 21.3 Å². The summed E-state index contributed by atoms with van der Waals surface area (Å²) in [4.78, 5) is 49.0. The van der Waals surface area contributed by atoms with E-state index < -0.39 is 30.0 Å². The van der Waals surface area contributed by atoms with Crippen LogP contribution in [0.5, 0.6) is 0 Å². The third-order valence-corrected chi connectivity index (χ3v) is 5.12. The summed E-state index contributed by atoms with van der Waals surface area (Å²) in [6, 6.07) is 5.30. The number of unbranched alkanes of at least 4 members (excludes halogenated alkanes) is 1. The number of carbonyl (C=O) groups excluding carboxylic acids is 4. The number of hydrogen-bond acceptors (Lipinski definition) is 6. The average Bonchev–Trinajstić information content (AvgIpc) is 2.80. The Labute approximate surface area is 208 Å². The minimum atomic E-state index is -0.814. The second-order valence-corrected chi connectivity index (χ2v) is 9.30. The third kappa shape index (κ3) is 12.2. The van der Waals surface area contributed by atoms with Crippen LogP contribution < -0.4 is 27.0 Å². The summed E-state index contributed by atoms with van der Waals surface area (Å²) in [7, 11) is 0. The molecule has 1 aromatic rings. The minimum absolute atomic E-state index is 0.110. The van der Waals surface area contributed by atoms with Crippen molar-refractivity contribution in [1.82, 2.24) is 16.0 Å². The molecule has 0 bridgehead atoms. The molecule has 196 valence electrons. The zero-order valence-corrected chi connectivity index (χ0v) is 21.5. The molecule has 10 nitrogen and oxygen atoms in total. The summed E-state index contributed by atoms with van der Waals surface area (Å²) in [6.07, 6.45) is 1.22. The maximum atomic E-state index is 12.7. The van der Waals surface area contributed by atoms with Gasteiger partial charge in [0.1, 0.15) is 18.7 Å². The fourth-order valence-electron chi connectivity index (χ4n) is 3.00. The van der Waals surface area contributed by atoms with Gasteiger partial charge in [-0.2, -0.15) is 0 Å². The average molecular weight is 492 g/mol. The van der Waals surface area contributed by atoms with Crippen LogP contribution in [0.2, 0.25) is 0 Å². The summed E-state index contributed by atoms with van der Waals surface area (Å²) in [5.41, 5.74) is 6.76. The van der Waals surface area contributed by atoms with Gasteiger partial charge in [0.05, 0.1) is 0 Å². The number of alkyl carbamates (subject to hydrolysis) is 1. The largest absolute Gasteiger partial charge is 0.445 e. The van der Waals surface area contributed by atoms with E-state index in [9.17, 15) is 19.2 Å². The van der Waals surface area contributed by atoms with E-state index in [0.29, 0.717) is 37.5 Å². The number of nitrogens with two attached hydrogens (primary N) is 1. The van der Waals surface area contributed by atoms with Gasteiger partial charge in [-0.05, 0) is 55.8 Å². The van der Waals surface area contributed by atoms with Crippen molar-refractivity contribution in [3.63, 3.8) is 0 Å². The molecule has 0 saturated heterocycles. The molecule has 1 rings (SSSR count). The van der Waals surface area contributed by atoms with Crippen molar-refractivity contribution in [3.8, 4) is 0 Å². The first kappa shape index (κ1) is 29.9. The Morgan fingerprint density at radius 2 is 1.57 bits per heavy atom. The Morgan fingerprint density at radius 1 is 0.914 bits per heavy atom. The molecule has 0 aliphatic carbocycles. The lowest BCUT2D eigenvalue weighted by Crippen LogP contribution is -2.53. The number of benzene rings is 1. The Morgan fingerprint density at radius 3 is 2.14 bits per heavy atom. The Bertz CT molecular complexity index is 826.